The molecule has 2 aromatic carbocycles. The fourth-order valence-electron chi connectivity index (χ4n) is 2.76. The van der Waals surface area contributed by atoms with Crippen LogP contribution in [0.15, 0.2) is 46.9 Å². The van der Waals surface area contributed by atoms with E-state index in [4.69, 9.17) is 11.6 Å². The molecular formula is C17H17BrClN. The van der Waals surface area contributed by atoms with Gasteiger partial charge >= 0.3 is 0 Å². The van der Waals surface area contributed by atoms with Crippen molar-refractivity contribution in [1.82, 2.24) is 0 Å². The molecule has 2 aromatic rings. The van der Waals surface area contributed by atoms with E-state index in [1.807, 2.05) is 18.2 Å². The molecule has 0 bridgehead atoms. The van der Waals surface area contributed by atoms with Crippen molar-refractivity contribution in [3.8, 4) is 0 Å². The summed E-state index contributed by atoms with van der Waals surface area (Å²) >= 11 is 9.60. The van der Waals surface area contributed by atoms with Crippen molar-refractivity contribution in [2.75, 3.05) is 5.32 Å². The van der Waals surface area contributed by atoms with Crippen LogP contribution in [0.25, 0.3) is 0 Å². The molecule has 1 aliphatic carbocycles. The maximum Gasteiger partial charge on any atom is 0.0501 e. The molecule has 0 unspecified atom stereocenters. The van der Waals surface area contributed by atoms with E-state index in [0.29, 0.717) is 12.0 Å². The van der Waals surface area contributed by atoms with E-state index in [1.54, 1.807) is 0 Å². The molecule has 0 atom stereocenters. The molecule has 1 fully saturated rings. The number of anilines is 1. The molecule has 1 N–H and O–H groups in total. The second-order valence-electron chi connectivity index (χ2n) is 5.55. The van der Waals surface area contributed by atoms with Crippen molar-refractivity contribution in [2.45, 2.75) is 31.7 Å². The summed E-state index contributed by atoms with van der Waals surface area (Å²) in [5.74, 6) is 0.686. The van der Waals surface area contributed by atoms with Gasteiger partial charge in [-0.15, -0.1) is 0 Å². The van der Waals surface area contributed by atoms with Crippen LogP contribution in [0, 0.1) is 6.92 Å². The van der Waals surface area contributed by atoms with Gasteiger partial charge in [-0.2, -0.15) is 0 Å². The van der Waals surface area contributed by atoms with E-state index in [-0.39, 0.29) is 0 Å². The molecule has 3 heteroatoms. The molecule has 0 amide bonds. The Morgan fingerprint density at radius 1 is 1.15 bits per heavy atom. The minimum atomic E-state index is 0.537. The normalized spacial score (nSPS) is 21.4. The van der Waals surface area contributed by atoms with Crippen LogP contribution < -0.4 is 5.32 Å². The highest BCUT2D eigenvalue weighted by Crippen LogP contribution is 2.40. The Hall–Kier alpha value is -0.990. The first-order valence-electron chi connectivity index (χ1n) is 6.90. The van der Waals surface area contributed by atoms with Gasteiger partial charge in [0.15, 0.2) is 0 Å². The summed E-state index contributed by atoms with van der Waals surface area (Å²) in [7, 11) is 0. The summed E-state index contributed by atoms with van der Waals surface area (Å²) < 4.78 is 1.07. The molecule has 20 heavy (non-hydrogen) atoms. The Bertz CT molecular complexity index is 620. The van der Waals surface area contributed by atoms with E-state index < -0.39 is 0 Å². The zero-order chi connectivity index (χ0) is 14.1. The standard InChI is InChI=1S/C17H17BrClN/c1-11-3-2-4-12(7-11)13-8-15(9-13)20-17-10-14(19)5-6-16(17)18/h2-7,10,13,15,20H,8-9H2,1H3. The molecule has 0 radical (unpaired) electrons. The number of benzene rings is 2. The fourth-order valence-corrected chi connectivity index (χ4v) is 3.29. The van der Waals surface area contributed by atoms with E-state index in [9.17, 15) is 0 Å². The molecule has 1 aliphatic rings. The van der Waals surface area contributed by atoms with Crippen LogP contribution >= 0.6 is 27.5 Å². The Morgan fingerprint density at radius 3 is 2.70 bits per heavy atom. The third-order valence-electron chi connectivity index (χ3n) is 3.94. The van der Waals surface area contributed by atoms with Crippen LogP contribution in [-0.4, -0.2) is 6.04 Å². The lowest BCUT2D eigenvalue weighted by molar-refractivity contribution is 0.374. The third kappa shape index (κ3) is 3.02. The highest BCUT2D eigenvalue weighted by Gasteiger charge is 2.30. The zero-order valence-electron chi connectivity index (χ0n) is 11.4. The molecule has 0 heterocycles. The molecule has 0 spiro atoms. The summed E-state index contributed by atoms with van der Waals surface area (Å²) in [6, 6.07) is 15.2. The Labute approximate surface area is 133 Å². The number of nitrogens with one attached hydrogen (secondary N) is 1. The van der Waals surface area contributed by atoms with E-state index in [0.717, 1.165) is 15.2 Å². The summed E-state index contributed by atoms with van der Waals surface area (Å²) in [6.45, 7) is 2.15. The van der Waals surface area contributed by atoms with Crippen LogP contribution in [0.2, 0.25) is 5.02 Å². The Balaban J connectivity index is 1.62. The van der Waals surface area contributed by atoms with Crippen molar-refractivity contribution >= 4 is 33.2 Å². The second kappa shape index (κ2) is 5.79. The minimum absolute atomic E-state index is 0.537. The summed E-state index contributed by atoms with van der Waals surface area (Å²) in [4.78, 5) is 0. The SMILES string of the molecule is Cc1cccc(C2CC(Nc3cc(Cl)ccc3Br)C2)c1. The predicted octanol–water partition coefficient (Wildman–Crippen LogP) is 5.77. The topological polar surface area (TPSA) is 12.0 Å². The van der Waals surface area contributed by atoms with Gasteiger partial charge in [0.2, 0.25) is 0 Å². The molecule has 1 saturated carbocycles. The highest BCUT2D eigenvalue weighted by atomic mass is 79.9. The predicted molar refractivity (Wildman–Crippen MR) is 89.7 cm³/mol. The van der Waals surface area contributed by atoms with Gasteiger partial charge in [0.25, 0.3) is 0 Å². The first-order chi connectivity index (χ1) is 9.61. The van der Waals surface area contributed by atoms with Gasteiger partial charge in [-0.25, -0.2) is 0 Å². The minimum Gasteiger partial charge on any atom is -0.381 e. The maximum absolute atomic E-state index is 6.04. The van der Waals surface area contributed by atoms with E-state index in [2.05, 4.69) is 52.4 Å². The van der Waals surface area contributed by atoms with Crippen molar-refractivity contribution in [1.29, 1.82) is 0 Å². The van der Waals surface area contributed by atoms with Gasteiger partial charge in [0, 0.05) is 15.5 Å². The third-order valence-corrected chi connectivity index (χ3v) is 4.87. The van der Waals surface area contributed by atoms with Gasteiger partial charge in [-0.1, -0.05) is 41.4 Å². The molecule has 104 valence electrons. The fraction of sp³-hybridized carbons (Fsp3) is 0.294. The van der Waals surface area contributed by atoms with E-state index >= 15 is 0 Å². The molecule has 1 nitrogen and oxygen atoms in total. The molecular weight excluding hydrogens is 334 g/mol. The van der Waals surface area contributed by atoms with Gasteiger partial charge in [-0.05, 0) is 65.4 Å². The van der Waals surface area contributed by atoms with Crippen LogP contribution in [0.5, 0.6) is 0 Å². The molecule has 0 saturated heterocycles. The average Bonchev–Trinajstić information content (AvgIpc) is 2.37. The lowest BCUT2D eigenvalue weighted by atomic mass is 9.75. The second-order valence-corrected chi connectivity index (χ2v) is 6.84. The first kappa shape index (κ1) is 14.0. The van der Waals surface area contributed by atoms with Gasteiger partial charge in [0.05, 0.1) is 5.69 Å². The van der Waals surface area contributed by atoms with Crippen molar-refractivity contribution in [3.63, 3.8) is 0 Å². The molecule has 0 aliphatic heterocycles. The van der Waals surface area contributed by atoms with Gasteiger partial charge in [-0.3, -0.25) is 0 Å². The average molecular weight is 351 g/mol. The smallest absolute Gasteiger partial charge is 0.0501 e. The number of rotatable bonds is 3. The van der Waals surface area contributed by atoms with Crippen LogP contribution in [0.4, 0.5) is 5.69 Å². The van der Waals surface area contributed by atoms with Gasteiger partial charge in [0.1, 0.15) is 0 Å². The first-order valence-corrected chi connectivity index (χ1v) is 8.07. The highest BCUT2D eigenvalue weighted by molar-refractivity contribution is 9.10. The zero-order valence-corrected chi connectivity index (χ0v) is 13.7. The number of aryl methyl sites for hydroxylation is 1. The van der Waals surface area contributed by atoms with Crippen molar-refractivity contribution in [3.05, 3.63) is 63.1 Å². The summed E-state index contributed by atoms with van der Waals surface area (Å²) in [6.07, 6.45) is 2.37. The maximum atomic E-state index is 6.04. The van der Waals surface area contributed by atoms with Crippen LogP contribution in [0.1, 0.15) is 29.9 Å². The van der Waals surface area contributed by atoms with Gasteiger partial charge < -0.3 is 5.32 Å². The van der Waals surface area contributed by atoms with Crippen LogP contribution in [-0.2, 0) is 0 Å². The molecule has 3 rings (SSSR count). The number of hydrogen-bond donors (Lipinski definition) is 1. The van der Waals surface area contributed by atoms with Crippen molar-refractivity contribution < 1.29 is 0 Å². The monoisotopic (exact) mass is 349 g/mol. The van der Waals surface area contributed by atoms with Crippen LogP contribution in [0.3, 0.4) is 0 Å². The summed E-state index contributed by atoms with van der Waals surface area (Å²) in [5.41, 5.74) is 3.90. The summed E-state index contributed by atoms with van der Waals surface area (Å²) in [5, 5.41) is 4.34. The Morgan fingerprint density at radius 2 is 1.95 bits per heavy atom. The van der Waals surface area contributed by atoms with E-state index in [1.165, 1.54) is 24.0 Å². The lowest BCUT2D eigenvalue weighted by Gasteiger charge is -2.37. The largest absolute Gasteiger partial charge is 0.381 e. The Kier molecular flexibility index (Phi) is 4.04. The number of halogens is 2. The quantitative estimate of drug-likeness (QED) is 0.741. The van der Waals surface area contributed by atoms with Crippen molar-refractivity contribution in [2.24, 2.45) is 0 Å². The lowest BCUT2D eigenvalue weighted by Crippen LogP contribution is -2.34. The number of hydrogen-bond acceptors (Lipinski definition) is 1. The molecule has 0 aromatic heterocycles.